The van der Waals surface area contributed by atoms with Crippen LogP contribution in [0.25, 0.3) is 6.08 Å². The van der Waals surface area contributed by atoms with Crippen molar-refractivity contribution < 1.29 is 8.42 Å². The molecule has 0 aromatic heterocycles. The number of hydrogen-bond donors (Lipinski definition) is 1. The van der Waals surface area contributed by atoms with E-state index in [1.165, 1.54) is 5.41 Å². The lowest BCUT2D eigenvalue weighted by atomic mass is 10.2. The summed E-state index contributed by atoms with van der Waals surface area (Å²) in [5.74, 6) is 0. The average Bonchev–Trinajstić information content (AvgIpc) is 2.50. The highest BCUT2D eigenvalue weighted by Crippen LogP contribution is 2.11. The fourth-order valence-corrected chi connectivity index (χ4v) is 3.50. The Morgan fingerprint density at radius 2 is 1.83 bits per heavy atom. The molecule has 0 spiro atoms. The lowest BCUT2D eigenvalue weighted by Gasteiger charge is -2.19. The molecule has 4 nitrogen and oxygen atoms in total. The SMILES string of the molecule is CCN(CC)CCC[C@H](C)NS(=O)(=O)/C=C/c1ccc(Cl)cc1. The van der Waals surface area contributed by atoms with Crippen LogP contribution in [0.1, 0.15) is 39.2 Å². The van der Waals surface area contributed by atoms with Gasteiger partial charge in [0.2, 0.25) is 10.0 Å². The van der Waals surface area contributed by atoms with E-state index in [1.54, 1.807) is 30.3 Å². The van der Waals surface area contributed by atoms with Crippen molar-refractivity contribution in [1.29, 1.82) is 0 Å². The number of nitrogens with one attached hydrogen (secondary N) is 1. The first-order chi connectivity index (χ1) is 10.9. The fraction of sp³-hybridized carbons (Fsp3) is 0.529. The largest absolute Gasteiger partial charge is 0.304 e. The van der Waals surface area contributed by atoms with Crippen LogP contribution in [0.4, 0.5) is 0 Å². The Kier molecular flexibility index (Phi) is 8.84. The minimum absolute atomic E-state index is 0.0783. The molecule has 0 bridgehead atoms. The summed E-state index contributed by atoms with van der Waals surface area (Å²) < 4.78 is 26.8. The molecular weight excluding hydrogens is 332 g/mol. The van der Waals surface area contributed by atoms with Crippen molar-refractivity contribution in [2.75, 3.05) is 19.6 Å². The molecule has 0 saturated heterocycles. The minimum atomic E-state index is -3.43. The summed E-state index contributed by atoms with van der Waals surface area (Å²) in [6, 6.07) is 6.95. The molecule has 1 rings (SSSR count). The first-order valence-electron chi connectivity index (χ1n) is 8.04. The van der Waals surface area contributed by atoms with E-state index in [9.17, 15) is 8.42 Å². The third kappa shape index (κ3) is 8.51. The molecule has 0 aliphatic rings. The Hall–Kier alpha value is -0.880. The first kappa shape index (κ1) is 20.2. The van der Waals surface area contributed by atoms with Crippen LogP contribution in [0, 0.1) is 0 Å². The zero-order valence-corrected chi connectivity index (χ0v) is 15.7. The quantitative estimate of drug-likeness (QED) is 0.693. The monoisotopic (exact) mass is 358 g/mol. The molecular formula is C17H27ClN2O2S. The lowest BCUT2D eigenvalue weighted by Crippen LogP contribution is -2.32. The van der Waals surface area contributed by atoms with Crippen LogP contribution in [0.3, 0.4) is 0 Å². The van der Waals surface area contributed by atoms with E-state index in [-0.39, 0.29) is 6.04 Å². The average molecular weight is 359 g/mol. The maximum Gasteiger partial charge on any atom is 0.233 e. The van der Waals surface area contributed by atoms with Crippen molar-refractivity contribution in [3.63, 3.8) is 0 Å². The number of halogens is 1. The van der Waals surface area contributed by atoms with Crippen LogP contribution in [-0.4, -0.2) is 39.0 Å². The number of hydrogen-bond acceptors (Lipinski definition) is 3. The predicted octanol–water partition coefficient (Wildman–Crippen LogP) is 3.74. The van der Waals surface area contributed by atoms with E-state index in [0.717, 1.165) is 38.0 Å². The molecule has 23 heavy (non-hydrogen) atoms. The van der Waals surface area contributed by atoms with Gasteiger partial charge in [0.05, 0.1) is 0 Å². The zero-order chi connectivity index (χ0) is 17.3. The minimum Gasteiger partial charge on any atom is -0.304 e. The van der Waals surface area contributed by atoms with Crippen molar-refractivity contribution in [3.8, 4) is 0 Å². The highest BCUT2D eigenvalue weighted by molar-refractivity contribution is 7.92. The van der Waals surface area contributed by atoms with Crippen LogP contribution in [-0.2, 0) is 10.0 Å². The number of nitrogens with zero attached hydrogens (tertiary/aromatic N) is 1. The predicted molar refractivity (Wildman–Crippen MR) is 99.0 cm³/mol. The van der Waals surface area contributed by atoms with Crippen LogP contribution in [0.5, 0.6) is 0 Å². The van der Waals surface area contributed by atoms with Gasteiger partial charge in [-0.05, 0) is 63.2 Å². The molecule has 0 radical (unpaired) electrons. The van der Waals surface area contributed by atoms with E-state index >= 15 is 0 Å². The third-order valence-electron chi connectivity index (χ3n) is 3.68. The molecule has 130 valence electrons. The number of rotatable bonds is 10. The highest BCUT2D eigenvalue weighted by Gasteiger charge is 2.11. The molecule has 0 aliphatic carbocycles. The van der Waals surface area contributed by atoms with Gasteiger partial charge in [0, 0.05) is 16.5 Å². The van der Waals surface area contributed by atoms with Crippen molar-refractivity contribution >= 4 is 27.7 Å². The van der Waals surface area contributed by atoms with E-state index < -0.39 is 10.0 Å². The molecule has 1 aromatic carbocycles. The van der Waals surface area contributed by atoms with E-state index in [0.29, 0.717) is 5.02 Å². The molecule has 1 aromatic rings. The smallest absolute Gasteiger partial charge is 0.233 e. The van der Waals surface area contributed by atoms with Crippen LogP contribution in [0.2, 0.25) is 5.02 Å². The molecule has 0 amide bonds. The van der Waals surface area contributed by atoms with Crippen molar-refractivity contribution in [3.05, 3.63) is 40.3 Å². The van der Waals surface area contributed by atoms with E-state index in [4.69, 9.17) is 11.6 Å². The molecule has 0 saturated carbocycles. The fourth-order valence-electron chi connectivity index (χ4n) is 2.28. The summed E-state index contributed by atoms with van der Waals surface area (Å²) in [5, 5.41) is 1.84. The van der Waals surface area contributed by atoms with Gasteiger partial charge in [-0.3, -0.25) is 0 Å². The van der Waals surface area contributed by atoms with E-state index in [2.05, 4.69) is 23.5 Å². The van der Waals surface area contributed by atoms with Gasteiger partial charge in [0.15, 0.2) is 0 Å². The Balaban J connectivity index is 2.46. The van der Waals surface area contributed by atoms with Gasteiger partial charge in [0.25, 0.3) is 0 Å². The Bertz CT molecular complexity index is 581. The van der Waals surface area contributed by atoms with Gasteiger partial charge < -0.3 is 4.90 Å². The van der Waals surface area contributed by atoms with Crippen molar-refractivity contribution in [1.82, 2.24) is 9.62 Å². The zero-order valence-electron chi connectivity index (χ0n) is 14.1. The van der Waals surface area contributed by atoms with Gasteiger partial charge in [-0.25, -0.2) is 13.1 Å². The van der Waals surface area contributed by atoms with E-state index in [1.807, 2.05) is 6.92 Å². The second kappa shape index (κ2) is 10.1. The molecule has 0 fully saturated rings. The Labute approximate surface area is 145 Å². The van der Waals surface area contributed by atoms with Gasteiger partial charge in [0.1, 0.15) is 0 Å². The first-order valence-corrected chi connectivity index (χ1v) is 9.97. The Morgan fingerprint density at radius 1 is 1.22 bits per heavy atom. The maximum absolute atomic E-state index is 12.1. The van der Waals surface area contributed by atoms with Crippen molar-refractivity contribution in [2.45, 2.75) is 39.7 Å². The molecule has 0 unspecified atom stereocenters. The van der Waals surface area contributed by atoms with Crippen LogP contribution in [0.15, 0.2) is 29.7 Å². The second-order valence-electron chi connectivity index (χ2n) is 5.59. The standard InChI is InChI=1S/C17H27ClN2O2S/c1-4-20(5-2)13-6-7-15(3)19-23(21,22)14-12-16-8-10-17(18)11-9-16/h8-12,14-15,19H,4-7,13H2,1-3H3/b14-12+/t15-/m0/s1. The number of sulfonamides is 1. The molecule has 0 heterocycles. The third-order valence-corrected chi connectivity index (χ3v) is 5.16. The second-order valence-corrected chi connectivity index (χ2v) is 7.62. The molecule has 6 heteroatoms. The van der Waals surface area contributed by atoms with Gasteiger partial charge in [-0.1, -0.05) is 37.6 Å². The van der Waals surface area contributed by atoms with Gasteiger partial charge >= 0.3 is 0 Å². The Morgan fingerprint density at radius 3 is 2.39 bits per heavy atom. The summed E-state index contributed by atoms with van der Waals surface area (Å²) in [6.45, 7) is 9.23. The molecule has 1 N–H and O–H groups in total. The maximum atomic E-state index is 12.1. The molecule has 1 atom stereocenters. The molecule has 0 aliphatic heterocycles. The van der Waals surface area contributed by atoms with Crippen LogP contribution < -0.4 is 4.72 Å². The lowest BCUT2D eigenvalue weighted by molar-refractivity contribution is 0.293. The summed E-state index contributed by atoms with van der Waals surface area (Å²) in [7, 11) is -3.43. The summed E-state index contributed by atoms with van der Waals surface area (Å²) in [4.78, 5) is 2.33. The highest BCUT2D eigenvalue weighted by atomic mass is 35.5. The van der Waals surface area contributed by atoms with Gasteiger partial charge in [-0.2, -0.15) is 0 Å². The van der Waals surface area contributed by atoms with Crippen molar-refractivity contribution in [2.24, 2.45) is 0 Å². The summed E-state index contributed by atoms with van der Waals surface area (Å²) >= 11 is 5.80. The number of benzene rings is 1. The topological polar surface area (TPSA) is 49.4 Å². The van der Waals surface area contributed by atoms with Gasteiger partial charge in [-0.15, -0.1) is 0 Å². The van der Waals surface area contributed by atoms with Crippen LogP contribution >= 0.6 is 11.6 Å². The summed E-state index contributed by atoms with van der Waals surface area (Å²) in [5.41, 5.74) is 0.800. The normalized spacial score (nSPS) is 13.8. The summed E-state index contributed by atoms with van der Waals surface area (Å²) in [6.07, 6.45) is 3.37.